The summed E-state index contributed by atoms with van der Waals surface area (Å²) in [6, 6.07) is 60.2. The van der Waals surface area contributed by atoms with Crippen LogP contribution in [0.15, 0.2) is 158 Å². The van der Waals surface area contributed by atoms with E-state index in [9.17, 15) is 0 Å². The third-order valence-electron chi connectivity index (χ3n) is 15.2. The minimum atomic E-state index is -2.17. The van der Waals surface area contributed by atoms with Crippen molar-refractivity contribution < 1.29 is 0 Å². The summed E-state index contributed by atoms with van der Waals surface area (Å²) in [4.78, 5) is 5.02. The van der Waals surface area contributed by atoms with Crippen LogP contribution < -0.4 is 9.80 Å². The van der Waals surface area contributed by atoms with E-state index < -0.39 is 16.1 Å². The summed E-state index contributed by atoms with van der Waals surface area (Å²) in [6.45, 7) is 29.5. The van der Waals surface area contributed by atoms with Crippen molar-refractivity contribution in [2.75, 3.05) is 9.80 Å². The monoisotopic (exact) mass is 878 g/mol. The molecule has 0 saturated carbocycles. The second kappa shape index (κ2) is 15.5. The van der Waals surface area contributed by atoms with Crippen LogP contribution in [-0.4, -0.2) is 16.1 Å². The van der Waals surface area contributed by atoms with Crippen LogP contribution in [0.2, 0.25) is 39.3 Å². The standard InChI is InChI=1S/C61H62N2Si2/c1-39-33-48(34-40(2)43(39)5)62(45-23-15-13-16-24-45)47-31-32-54-55(37-47)50-27-19-21-29-52(50)59-58-53-30-22-20-28-51(53)57(38-56(58)61(60(54)59,64(7,8)9)65(10,11)12)63(46-25-17-14-18-26-46)49-35-41(3)44(6)42(4)36-49/h13-38H,1-12H3. The second-order valence-electron chi connectivity index (χ2n) is 20.9. The van der Waals surface area contributed by atoms with Gasteiger partial charge >= 0.3 is 0 Å². The topological polar surface area (TPSA) is 6.48 Å². The van der Waals surface area contributed by atoms with Gasteiger partial charge in [-0.25, -0.2) is 0 Å². The van der Waals surface area contributed by atoms with E-state index >= 15 is 0 Å². The minimum Gasteiger partial charge on any atom is -0.310 e. The molecule has 9 aromatic rings. The maximum absolute atomic E-state index is 2.68. The molecule has 0 amide bonds. The summed E-state index contributed by atoms with van der Waals surface area (Å²) in [5.74, 6) is 0. The normalized spacial score (nSPS) is 13.4. The molecule has 0 heterocycles. The van der Waals surface area contributed by atoms with Crippen molar-refractivity contribution in [2.45, 2.75) is 85.5 Å². The number of anilines is 6. The van der Waals surface area contributed by atoms with E-state index in [4.69, 9.17) is 0 Å². The summed E-state index contributed by atoms with van der Waals surface area (Å²) in [5, 5.41) is 7.99. The van der Waals surface area contributed by atoms with Gasteiger partial charge in [0.1, 0.15) is 0 Å². The zero-order valence-corrected chi connectivity index (χ0v) is 42.4. The molecule has 1 aliphatic rings. The quantitative estimate of drug-likeness (QED) is 0.111. The van der Waals surface area contributed by atoms with E-state index in [0.717, 1.165) is 5.69 Å². The van der Waals surface area contributed by atoms with Crippen LogP contribution in [0.25, 0.3) is 43.4 Å². The first-order valence-electron chi connectivity index (χ1n) is 23.4. The van der Waals surface area contributed by atoms with Crippen molar-refractivity contribution >= 4 is 82.6 Å². The van der Waals surface area contributed by atoms with E-state index in [-0.39, 0.29) is 4.66 Å². The molecule has 0 unspecified atom stereocenters. The third kappa shape index (κ3) is 6.47. The zero-order valence-electron chi connectivity index (χ0n) is 40.4. The number of nitrogens with zero attached hydrogens (tertiary/aromatic N) is 2. The molecular formula is C61H62N2Si2. The molecule has 0 N–H and O–H groups in total. The van der Waals surface area contributed by atoms with Gasteiger partial charge in [-0.1, -0.05) is 130 Å². The first-order chi connectivity index (χ1) is 31.0. The lowest BCUT2D eigenvalue weighted by molar-refractivity contribution is 0.963. The van der Waals surface area contributed by atoms with E-state index in [1.54, 1.807) is 5.56 Å². The average Bonchev–Trinajstić information content (AvgIpc) is 3.62. The van der Waals surface area contributed by atoms with Gasteiger partial charge in [-0.2, -0.15) is 0 Å². The van der Waals surface area contributed by atoms with Crippen LogP contribution in [0.1, 0.15) is 44.5 Å². The average molecular weight is 879 g/mol. The smallest absolute Gasteiger partial charge is 0.0579 e. The summed E-state index contributed by atoms with van der Waals surface area (Å²) in [5.41, 5.74) is 21.1. The zero-order chi connectivity index (χ0) is 45.7. The fourth-order valence-electron chi connectivity index (χ4n) is 12.2. The highest BCUT2D eigenvalue weighted by atomic mass is 28.4. The van der Waals surface area contributed by atoms with Crippen LogP contribution in [0.4, 0.5) is 34.1 Å². The fourth-order valence-corrected chi connectivity index (χ4v) is 25.2. The lowest BCUT2D eigenvalue weighted by Crippen LogP contribution is -2.63. The molecule has 0 spiro atoms. The fraction of sp³-hybridized carbons (Fsp3) is 0.213. The minimum absolute atomic E-state index is 0.140. The largest absolute Gasteiger partial charge is 0.310 e. The van der Waals surface area contributed by atoms with Gasteiger partial charge in [-0.05, 0) is 191 Å². The lowest BCUT2D eigenvalue weighted by Gasteiger charge is -2.52. The van der Waals surface area contributed by atoms with Crippen molar-refractivity contribution in [3.05, 3.63) is 202 Å². The van der Waals surface area contributed by atoms with Gasteiger partial charge in [0.2, 0.25) is 0 Å². The highest BCUT2D eigenvalue weighted by molar-refractivity contribution is 7.00. The molecule has 0 bridgehead atoms. The molecule has 9 aromatic carbocycles. The number of aryl methyl sites for hydroxylation is 4. The predicted molar refractivity (Wildman–Crippen MR) is 290 cm³/mol. The van der Waals surface area contributed by atoms with E-state index in [1.165, 1.54) is 111 Å². The van der Waals surface area contributed by atoms with Gasteiger partial charge in [0.15, 0.2) is 0 Å². The van der Waals surface area contributed by atoms with Crippen molar-refractivity contribution in [3.8, 4) is 11.1 Å². The summed E-state index contributed by atoms with van der Waals surface area (Å²) in [6.07, 6.45) is 0. The number of hydrogen-bond acceptors (Lipinski definition) is 2. The van der Waals surface area contributed by atoms with E-state index in [1.807, 2.05) is 0 Å². The SMILES string of the molecule is Cc1cc(N(c2ccccc2)c2ccc3c4c(c5ccccc5c3c2)-c2c(cc(N(c3ccccc3)c3cc(C)c(C)c(C)c3)c3ccccc23)C4([Si](C)(C)C)[Si](C)(C)C)cc(C)c1C. The van der Waals surface area contributed by atoms with Crippen molar-refractivity contribution in [1.82, 2.24) is 0 Å². The summed E-state index contributed by atoms with van der Waals surface area (Å²) < 4.78 is -0.140. The maximum Gasteiger partial charge on any atom is 0.0579 e. The molecule has 0 aliphatic heterocycles. The number of hydrogen-bond donors (Lipinski definition) is 0. The second-order valence-corrected chi connectivity index (χ2v) is 31.9. The Labute approximate surface area is 389 Å². The Kier molecular flexibility index (Phi) is 10.2. The van der Waals surface area contributed by atoms with E-state index in [0.29, 0.717) is 0 Å². The van der Waals surface area contributed by atoms with Crippen molar-refractivity contribution in [1.29, 1.82) is 0 Å². The molecule has 10 rings (SSSR count). The molecule has 0 aromatic heterocycles. The van der Waals surface area contributed by atoms with Crippen LogP contribution in [0.5, 0.6) is 0 Å². The van der Waals surface area contributed by atoms with Crippen molar-refractivity contribution in [3.63, 3.8) is 0 Å². The van der Waals surface area contributed by atoms with Gasteiger partial charge < -0.3 is 9.80 Å². The lowest BCUT2D eigenvalue weighted by atomic mass is 9.89. The highest BCUT2D eigenvalue weighted by Crippen LogP contribution is 2.64. The Bertz CT molecular complexity index is 3290. The molecular weight excluding hydrogens is 817 g/mol. The van der Waals surface area contributed by atoms with Gasteiger partial charge in [-0.3, -0.25) is 0 Å². The number of benzene rings is 9. The first kappa shape index (κ1) is 42.7. The molecule has 2 nitrogen and oxygen atoms in total. The Hall–Kier alpha value is -6.21. The van der Waals surface area contributed by atoms with Crippen LogP contribution in [0, 0.1) is 41.5 Å². The van der Waals surface area contributed by atoms with Crippen LogP contribution in [-0.2, 0) is 4.66 Å². The Balaban J connectivity index is 1.35. The van der Waals surface area contributed by atoms with Gasteiger partial charge in [0.25, 0.3) is 0 Å². The van der Waals surface area contributed by atoms with Crippen molar-refractivity contribution in [2.24, 2.45) is 0 Å². The molecule has 0 atom stereocenters. The molecule has 0 fully saturated rings. The molecule has 65 heavy (non-hydrogen) atoms. The summed E-state index contributed by atoms with van der Waals surface area (Å²) >= 11 is 0. The van der Waals surface area contributed by atoms with Gasteiger partial charge in [0.05, 0.1) is 21.8 Å². The predicted octanol–water partition coefficient (Wildman–Crippen LogP) is 18.0. The Morgan fingerprint density at radius 1 is 0.338 bits per heavy atom. The maximum atomic E-state index is 2.68. The Morgan fingerprint density at radius 2 is 0.769 bits per heavy atom. The molecule has 324 valence electrons. The first-order valence-corrected chi connectivity index (χ1v) is 30.4. The molecule has 0 saturated heterocycles. The summed E-state index contributed by atoms with van der Waals surface area (Å²) in [7, 11) is -4.34. The third-order valence-corrected chi connectivity index (χ3v) is 25.2. The molecule has 0 radical (unpaired) electrons. The number of fused-ring (bicyclic) bond motifs is 10. The molecule has 4 heteroatoms. The van der Waals surface area contributed by atoms with Gasteiger partial charge in [-0.15, -0.1) is 0 Å². The van der Waals surface area contributed by atoms with E-state index in [2.05, 4.69) is 248 Å². The van der Waals surface area contributed by atoms with Crippen LogP contribution >= 0.6 is 0 Å². The number of rotatable bonds is 8. The van der Waals surface area contributed by atoms with Gasteiger partial charge in [0, 0.05) is 38.5 Å². The highest BCUT2D eigenvalue weighted by Gasteiger charge is 2.60. The van der Waals surface area contributed by atoms with Crippen LogP contribution in [0.3, 0.4) is 0 Å². The molecule has 1 aliphatic carbocycles. The Morgan fingerprint density at radius 3 is 1.28 bits per heavy atom. The number of para-hydroxylation sites is 2.